The highest BCUT2D eigenvalue weighted by molar-refractivity contribution is 5.68. The van der Waals surface area contributed by atoms with Gasteiger partial charge < -0.3 is 5.11 Å². The van der Waals surface area contributed by atoms with E-state index < -0.39 is 17.9 Å². The highest BCUT2D eigenvalue weighted by Crippen LogP contribution is 2.36. The van der Waals surface area contributed by atoms with Crippen molar-refractivity contribution in [3.63, 3.8) is 0 Å². The number of carboxylic acids is 1. The van der Waals surface area contributed by atoms with Crippen LogP contribution < -0.4 is 0 Å². The van der Waals surface area contributed by atoms with E-state index >= 15 is 0 Å². The van der Waals surface area contributed by atoms with Crippen molar-refractivity contribution in [1.82, 2.24) is 4.90 Å². The van der Waals surface area contributed by atoms with E-state index in [1.165, 1.54) is 0 Å². The molecule has 1 saturated carbocycles. The van der Waals surface area contributed by atoms with E-state index in [9.17, 15) is 13.6 Å². The minimum atomic E-state index is -2.41. The first-order chi connectivity index (χ1) is 7.46. The maximum Gasteiger partial charge on any atom is 0.305 e. The fourth-order valence-electron chi connectivity index (χ4n) is 2.59. The molecule has 1 N–H and O–H groups in total. The van der Waals surface area contributed by atoms with Gasteiger partial charge in [0.25, 0.3) is 6.43 Å². The van der Waals surface area contributed by atoms with E-state index in [0.29, 0.717) is 12.8 Å². The van der Waals surface area contributed by atoms with Crippen molar-refractivity contribution in [1.29, 1.82) is 0 Å². The van der Waals surface area contributed by atoms with Crippen molar-refractivity contribution in [3.8, 4) is 0 Å². The van der Waals surface area contributed by atoms with Crippen molar-refractivity contribution < 1.29 is 18.7 Å². The third kappa shape index (κ3) is 3.40. The maximum absolute atomic E-state index is 12.4. The van der Waals surface area contributed by atoms with E-state index in [1.807, 2.05) is 0 Å². The minimum absolute atomic E-state index is 0.0315. The highest BCUT2D eigenvalue weighted by atomic mass is 19.3. The van der Waals surface area contributed by atoms with E-state index in [1.54, 1.807) is 11.9 Å². The van der Waals surface area contributed by atoms with Gasteiger partial charge in [0.2, 0.25) is 0 Å². The first-order valence-corrected chi connectivity index (χ1v) is 5.67. The number of carboxylic acid groups (broad SMARTS) is 1. The summed E-state index contributed by atoms with van der Waals surface area (Å²) < 4.78 is 24.7. The second kappa shape index (κ2) is 5.57. The third-order valence-electron chi connectivity index (χ3n) is 3.49. The van der Waals surface area contributed by atoms with Gasteiger partial charge in [-0.3, -0.25) is 9.69 Å². The number of halogens is 2. The van der Waals surface area contributed by atoms with Gasteiger partial charge in [0.1, 0.15) is 0 Å². The molecule has 0 bridgehead atoms. The number of hydrogen-bond acceptors (Lipinski definition) is 2. The van der Waals surface area contributed by atoms with Gasteiger partial charge in [0, 0.05) is 5.54 Å². The fraction of sp³-hybridized carbons (Fsp3) is 0.909. The van der Waals surface area contributed by atoms with Crippen LogP contribution in [0.2, 0.25) is 0 Å². The Balaban J connectivity index is 2.71. The van der Waals surface area contributed by atoms with E-state index in [2.05, 4.69) is 0 Å². The normalized spacial score (nSPS) is 20.3. The van der Waals surface area contributed by atoms with Crippen LogP contribution in [0, 0.1) is 0 Å². The van der Waals surface area contributed by atoms with Crippen LogP contribution in [0.4, 0.5) is 8.78 Å². The summed E-state index contributed by atoms with van der Waals surface area (Å²) in [6.45, 7) is -0.340. The summed E-state index contributed by atoms with van der Waals surface area (Å²) in [6.07, 6.45) is 1.92. The molecule has 0 aliphatic heterocycles. The number of carbonyl (C=O) groups is 1. The Morgan fingerprint density at radius 1 is 1.38 bits per heavy atom. The molecule has 0 atom stereocenters. The molecule has 0 heterocycles. The van der Waals surface area contributed by atoms with Crippen LogP contribution in [0.15, 0.2) is 0 Å². The zero-order valence-corrected chi connectivity index (χ0v) is 9.59. The Labute approximate surface area is 94.4 Å². The molecule has 0 saturated heterocycles. The van der Waals surface area contributed by atoms with Gasteiger partial charge in [-0.2, -0.15) is 0 Å². The highest BCUT2D eigenvalue weighted by Gasteiger charge is 2.38. The van der Waals surface area contributed by atoms with Crippen molar-refractivity contribution in [3.05, 3.63) is 0 Å². The first-order valence-electron chi connectivity index (χ1n) is 5.67. The number of aliphatic carboxylic acids is 1. The van der Waals surface area contributed by atoms with Crippen LogP contribution in [0.25, 0.3) is 0 Å². The molecule has 16 heavy (non-hydrogen) atoms. The van der Waals surface area contributed by atoms with Crippen molar-refractivity contribution in [2.45, 2.75) is 50.5 Å². The van der Waals surface area contributed by atoms with E-state index in [0.717, 1.165) is 19.3 Å². The molecule has 1 fully saturated rings. The smallest absolute Gasteiger partial charge is 0.305 e. The van der Waals surface area contributed by atoms with Crippen LogP contribution in [-0.2, 0) is 4.79 Å². The van der Waals surface area contributed by atoms with Crippen molar-refractivity contribution >= 4 is 5.97 Å². The molecule has 0 amide bonds. The molecule has 0 spiro atoms. The third-order valence-corrected chi connectivity index (χ3v) is 3.49. The van der Waals surface area contributed by atoms with Gasteiger partial charge in [-0.05, 0) is 19.9 Å². The summed E-state index contributed by atoms with van der Waals surface area (Å²) in [5.41, 5.74) is -0.555. The van der Waals surface area contributed by atoms with Crippen LogP contribution in [0.1, 0.15) is 38.5 Å². The molecule has 94 valence electrons. The number of alkyl halides is 2. The summed E-state index contributed by atoms with van der Waals surface area (Å²) in [5.74, 6) is -0.900. The lowest BCUT2D eigenvalue weighted by molar-refractivity contribution is -0.141. The molecule has 5 heteroatoms. The topological polar surface area (TPSA) is 40.5 Å². The van der Waals surface area contributed by atoms with Gasteiger partial charge >= 0.3 is 5.97 Å². The van der Waals surface area contributed by atoms with Gasteiger partial charge in [0.15, 0.2) is 0 Å². The van der Waals surface area contributed by atoms with Gasteiger partial charge in [-0.25, -0.2) is 8.78 Å². The second-order valence-electron chi connectivity index (χ2n) is 4.63. The summed E-state index contributed by atoms with van der Waals surface area (Å²) in [7, 11) is 1.61. The maximum atomic E-state index is 12.4. The van der Waals surface area contributed by atoms with Crippen LogP contribution in [-0.4, -0.2) is 41.5 Å². The summed E-state index contributed by atoms with van der Waals surface area (Å²) >= 11 is 0. The first kappa shape index (κ1) is 13.4. The molecule has 0 unspecified atom stereocenters. The Hall–Kier alpha value is -0.710. The zero-order chi connectivity index (χ0) is 12.2. The van der Waals surface area contributed by atoms with Crippen LogP contribution in [0.3, 0.4) is 0 Å². The molecule has 0 aromatic rings. The van der Waals surface area contributed by atoms with Gasteiger partial charge in [-0.15, -0.1) is 0 Å². The van der Waals surface area contributed by atoms with Gasteiger partial charge in [-0.1, -0.05) is 19.3 Å². The van der Waals surface area contributed by atoms with Crippen LogP contribution >= 0.6 is 0 Å². The second-order valence-corrected chi connectivity index (χ2v) is 4.63. The predicted molar refractivity (Wildman–Crippen MR) is 56.7 cm³/mol. The standard InChI is InChI=1S/C11H19F2NO2/c1-14(8-9(12)13)11(7-10(15)16)5-3-2-4-6-11/h9H,2-8H2,1H3,(H,15,16). The molecule has 1 rings (SSSR count). The predicted octanol–water partition coefficient (Wildman–Crippen LogP) is 2.36. The molecule has 3 nitrogen and oxygen atoms in total. The lowest BCUT2D eigenvalue weighted by atomic mass is 9.78. The molecular weight excluding hydrogens is 216 g/mol. The lowest BCUT2D eigenvalue weighted by Gasteiger charge is -2.43. The Kier molecular flexibility index (Phi) is 4.65. The minimum Gasteiger partial charge on any atom is -0.481 e. The van der Waals surface area contributed by atoms with Gasteiger partial charge in [0.05, 0.1) is 13.0 Å². The Bertz CT molecular complexity index is 240. The van der Waals surface area contributed by atoms with Crippen LogP contribution in [0.5, 0.6) is 0 Å². The molecule has 1 aliphatic carbocycles. The number of nitrogens with zero attached hydrogens (tertiary/aromatic N) is 1. The largest absolute Gasteiger partial charge is 0.481 e. The summed E-state index contributed by atoms with van der Waals surface area (Å²) in [4.78, 5) is 12.4. The fourth-order valence-corrected chi connectivity index (χ4v) is 2.59. The SMILES string of the molecule is CN(CC(F)F)C1(CC(=O)O)CCCCC1. The molecule has 0 aromatic carbocycles. The molecular formula is C11H19F2NO2. The zero-order valence-electron chi connectivity index (χ0n) is 9.59. The summed E-state index contributed by atoms with van der Waals surface area (Å²) in [6, 6.07) is 0. The number of hydrogen-bond donors (Lipinski definition) is 1. The summed E-state index contributed by atoms with van der Waals surface area (Å²) in [5, 5.41) is 8.90. The molecule has 0 radical (unpaired) electrons. The average molecular weight is 235 g/mol. The molecule has 0 aromatic heterocycles. The number of rotatable bonds is 5. The van der Waals surface area contributed by atoms with E-state index in [4.69, 9.17) is 5.11 Å². The quantitative estimate of drug-likeness (QED) is 0.795. The van der Waals surface area contributed by atoms with E-state index in [-0.39, 0.29) is 13.0 Å². The van der Waals surface area contributed by atoms with Crippen molar-refractivity contribution in [2.24, 2.45) is 0 Å². The van der Waals surface area contributed by atoms with Crippen molar-refractivity contribution in [2.75, 3.05) is 13.6 Å². The Morgan fingerprint density at radius 2 is 1.94 bits per heavy atom. The average Bonchev–Trinajstić information content (AvgIpc) is 2.16. The monoisotopic (exact) mass is 235 g/mol. The molecule has 1 aliphatic rings. The lowest BCUT2D eigenvalue weighted by Crippen LogP contribution is -2.51. The Morgan fingerprint density at radius 3 is 2.38 bits per heavy atom.